The Balaban J connectivity index is 2.15. The molecule has 0 bridgehead atoms. The number of fused-ring (bicyclic) bond motifs is 1. The zero-order chi connectivity index (χ0) is 25.3. The standard InChI is InChI=1S/C25H25N3O6S/c1-28-9-8-26-24(28)23(35)22-21(25(29)30)20(13-6-7-16(31-2)17(10-13)32-3)14-11-18(33-4)19(34-5)12-15(14)27-22/h6-12,23,35H,1-5H3,(H,29,30). The molecule has 182 valence electrons. The maximum atomic E-state index is 12.8. The second-order valence-electron chi connectivity index (χ2n) is 7.65. The highest BCUT2D eigenvalue weighted by atomic mass is 32.1. The predicted octanol–water partition coefficient (Wildman–Crippen LogP) is 4.39. The molecule has 0 aliphatic rings. The number of aromatic carboxylic acids is 1. The van der Waals surface area contributed by atoms with Crippen LogP contribution in [-0.2, 0) is 7.05 Å². The Morgan fingerprint density at radius 1 is 0.971 bits per heavy atom. The lowest BCUT2D eigenvalue weighted by Gasteiger charge is -2.20. The van der Waals surface area contributed by atoms with Gasteiger partial charge in [0.25, 0.3) is 0 Å². The molecule has 1 N–H and O–H groups in total. The van der Waals surface area contributed by atoms with Gasteiger partial charge in [0.1, 0.15) is 11.1 Å². The summed E-state index contributed by atoms with van der Waals surface area (Å²) in [6, 6.07) is 8.67. The number of hydrogen-bond acceptors (Lipinski definition) is 8. The van der Waals surface area contributed by atoms with Crippen LogP contribution in [0.4, 0.5) is 0 Å². The molecule has 2 aromatic heterocycles. The molecule has 35 heavy (non-hydrogen) atoms. The monoisotopic (exact) mass is 495 g/mol. The number of imidazole rings is 1. The first-order chi connectivity index (χ1) is 16.8. The van der Waals surface area contributed by atoms with Crippen LogP contribution >= 0.6 is 12.6 Å². The number of aryl methyl sites for hydroxylation is 1. The van der Waals surface area contributed by atoms with E-state index in [1.807, 2.05) is 7.05 Å². The van der Waals surface area contributed by atoms with Crippen molar-refractivity contribution >= 4 is 29.5 Å². The predicted molar refractivity (Wildman–Crippen MR) is 134 cm³/mol. The number of aromatic nitrogens is 3. The first-order valence-electron chi connectivity index (χ1n) is 10.5. The quantitative estimate of drug-likeness (QED) is 0.347. The van der Waals surface area contributed by atoms with E-state index < -0.39 is 11.2 Å². The van der Waals surface area contributed by atoms with E-state index in [9.17, 15) is 9.90 Å². The van der Waals surface area contributed by atoms with Crippen LogP contribution in [-0.4, -0.2) is 54.1 Å². The molecule has 0 spiro atoms. The average molecular weight is 496 g/mol. The molecule has 2 aromatic carbocycles. The van der Waals surface area contributed by atoms with E-state index in [-0.39, 0.29) is 11.3 Å². The molecule has 1 atom stereocenters. The largest absolute Gasteiger partial charge is 0.493 e. The molecule has 4 aromatic rings. The Morgan fingerprint density at radius 2 is 1.60 bits per heavy atom. The van der Waals surface area contributed by atoms with Crippen LogP contribution in [0.5, 0.6) is 23.0 Å². The van der Waals surface area contributed by atoms with Gasteiger partial charge in [-0.3, -0.25) is 4.98 Å². The summed E-state index contributed by atoms with van der Waals surface area (Å²) in [5, 5.41) is 10.3. The first-order valence-corrected chi connectivity index (χ1v) is 11.1. The number of benzene rings is 2. The maximum Gasteiger partial charge on any atom is 0.338 e. The van der Waals surface area contributed by atoms with Crippen LogP contribution in [0.15, 0.2) is 42.7 Å². The Bertz CT molecular complexity index is 1420. The van der Waals surface area contributed by atoms with Crippen molar-refractivity contribution in [1.82, 2.24) is 14.5 Å². The summed E-state index contributed by atoms with van der Waals surface area (Å²) in [6.45, 7) is 0. The Hall–Kier alpha value is -3.92. The summed E-state index contributed by atoms with van der Waals surface area (Å²) >= 11 is 4.74. The lowest BCUT2D eigenvalue weighted by Crippen LogP contribution is -2.13. The summed E-state index contributed by atoms with van der Waals surface area (Å²) < 4.78 is 23.6. The second kappa shape index (κ2) is 9.75. The van der Waals surface area contributed by atoms with Crippen molar-refractivity contribution in [3.8, 4) is 34.1 Å². The van der Waals surface area contributed by atoms with E-state index in [2.05, 4.69) is 4.98 Å². The number of rotatable bonds is 8. The fourth-order valence-corrected chi connectivity index (χ4v) is 4.51. The van der Waals surface area contributed by atoms with Crippen molar-refractivity contribution in [1.29, 1.82) is 0 Å². The zero-order valence-corrected chi connectivity index (χ0v) is 20.8. The summed E-state index contributed by atoms with van der Waals surface area (Å²) in [4.78, 5) is 21.9. The third-order valence-corrected chi connectivity index (χ3v) is 6.24. The van der Waals surface area contributed by atoms with Crippen molar-refractivity contribution in [2.24, 2.45) is 7.05 Å². The van der Waals surface area contributed by atoms with Gasteiger partial charge < -0.3 is 28.6 Å². The highest BCUT2D eigenvalue weighted by molar-refractivity contribution is 7.80. The van der Waals surface area contributed by atoms with Gasteiger partial charge in [0.15, 0.2) is 23.0 Å². The zero-order valence-electron chi connectivity index (χ0n) is 19.9. The van der Waals surface area contributed by atoms with Crippen LogP contribution in [0, 0.1) is 0 Å². The number of carbonyl (C=O) groups is 1. The minimum atomic E-state index is -1.15. The van der Waals surface area contributed by atoms with Gasteiger partial charge in [-0.2, -0.15) is 12.6 Å². The van der Waals surface area contributed by atoms with Crippen LogP contribution < -0.4 is 18.9 Å². The molecule has 0 radical (unpaired) electrons. The number of methoxy groups -OCH3 is 4. The van der Waals surface area contributed by atoms with E-state index in [4.69, 9.17) is 36.6 Å². The molecule has 10 heteroatoms. The number of thiol groups is 1. The molecule has 0 amide bonds. The molecule has 1 unspecified atom stereocenters. The molecule has 2 heterocycles. The van der Waals surface area contributed by atoms with Crippen LogP contribution in [0.1, 0.15) is 27.1 Å². The topological polar surface area (TPSA) is 105 Å². The summed E-state index contributed by atoms with van der Waals surface area (Å²) in [6.07, 6.45) is 3.40. The van der Waals surface area contributed by atoms with Crippen molar-refractivity contribution in [3.63, 3.8) is 0 Å². The Morgan fingerprint density at radius 3 is 2.17 bits per heavy atom. The molecule has 0 saturated heterocycles. The molecule has 9 nitrogen and oxygen atoms in total. The number of nitrogens with zero attached hydrogens (tertiary/aromatic N) is 3. The van der Waals surface area contributed by atoms with Crippen LogP contribution in [0.2, 0.25) is 0 Å². The number of pyridine rings is 1. The van der Waals surface area contributed by atoms with E-state index in [1.54, 1.807) is 47.3 Å². The molecular weight excluding hydrogens is 470 g/mol. The second-order valence-corrected chi connectivity index (χ2v) is 8.16. The highest BCUT2D eigenvalue weighted by Gasteiger charge is 2.29. The molecule has 4 rings (SSSR count). The average Bonchev–Trinajstić information content (AvgIpc) is 3.31. The van der Waals surface area contributed by atoms with Gasteiger partial charge in [-0.15, -0.1) is 0 Å². The third kappa shape index (κ3) is 4.21. The first kappa shape index (κ1) is 24.2. The van der Waals surface area contributed by atoms with E-state index in [0.29, 0.717) is 50.9 Å². The maximum absolute atomic E-state index is 12.8. The van der Waals surface area contributed by atoms with Crippen molar-refractivity contribution in [2.45, 2.75) is 5.25 Å². The van der Waals surface area contributed by atoms with Crippen molar-refractivity contribution < 1.29 is 28.8 Å². The Labute approximate surface area is 207 Å². The van der Waals surface area contributed by atoms with Crippen molar-refractivity contribution in [2.75, 3.05) is 28.4 Å². The minimum absolute atomic E-state index is 0.0000557. The summed E-state index contributed by atoms with van der Waals surface area (Å²) in [5.74, 6) is 1.29. The highest BCUT2D eigenvalue weighted by Crippen LogP contribution is 2.43. The fraction of sp³-hybridized carbons (Fsp3) is 0.240. The number of ether oxygens (including phenoxy) is 4. The van der Waals surface area contributed by atoms with Gasteiger partial charge >= 0.3 is 5.97 Å². The van der Waals surface area contributed by atoms with Gasteiger partial charge in [0.2, 0.25) is 0 Å². The van der Waals surface area contributed by atoms with Gasteiger partial charge in [-0.25, -0.2) is 9.78 Å². The van der Waals surface area contributed by atoms with Gasteiger partial charge in [-0.05, 0) is 23.8 Å². The summed E-state index contributed by atoms with van der Waals surface area (Å²) in [7, 11) is 7.92. The lowest BCUT2D eigenvalue weighted by molar-refractivity contribution is 0.0696. The summed E-state index contributed by atoms with van der Waals surface area (Å²) in [5.41, 5.74) is 1.80. The van der Waals surface area contributed by atoms with E-state index in [0.717, 1.165) is 0 Å². The molecule has 0 fully saturated rings. The smallest absolute Gasteiger partial charge is 0.338 e. The van der Waals surface area contributed by atoms with Gasteiger partial charge in [0.05, 0.1) is 45.2 Å². The van der Waals surface area contributed by atoms with Gasteiger partial charge in [-0.1, -0.05) is 6.07 Å². The number of carboxylic acid groups (broad SMARTS) is 1. The normalized spacial score (nSPS) is 11.8. The SMILES string of the molecule is COc1ccc(-c2c(C(=O)O)c(C(S)c3nccn3C)nc3cc(OC)c(OC)cc23)cc1OC. The number of hydrogen-bond donors (Lipinski definition) is 2. The van der Waals surface area contributed by atoms with E-state index in [1.165, 1.54) is 28.4 Å². The number of carboxylic acids is 1. The fourth-order valence-electron chi connectivity index (χ4n) is 4.08. The van der Waals surface area contributed by atoms with E-state index >= 15 is 0 Å². The molecule has 0 aliphatic heterocycles. The molecule has 0 saturated carbocycles. The van der Waals surface area contributed by atoms with Crippen LogP contribution in [0.25, 0.3) is 22.0 Å². The molecular formula is C25H25N3O6S. The van der Waals surface area contributed by atoms with Gasteiger partial charge in [0, 0.05) is 36.5 Å². The lowest BCUT2D eigenvalue weighted by atomic mass is 9.92. The molecule has 0 aliphatic carbocycles. The Kier molecular flexibility index (Phi) is 6.74. The van der Waals surface area contributed by atoms with Crippen molar-refractivity contribution in [3.05, 3.63) is 59.8 Å². The van der Waals surface area contributed by atoms with Crippen LogP contribution in [0.3, 0.4) is 0 Å². The minimum Gasteiger partial charge on any atom is -0.493 e. The third-order valence-electron chi connectivity index (χ3n) is 5.77.